The maximum Gasteiger partial charge on any atom is 0.271 e. The third-order valence-electron chi connectivity index (χ3n) is 5.73. The molecule has 0 bridgehead atoms. The first-order valence-corrected chi connectivity index (χ1v) is 13.9. The van der Waals surface area contributed by atoms with E-state index in [0.717, 1.165) is 5.56 Å². The minimum atomic E-state index is -3.89. The van der Waals surface area contributed by atoms with E-state index in [-0.39, 0.29) is 18.0 Å². The molecule has 0 aliphatic carbocycles. The van der Waals surface area contributed by atoms with Crippen LogP contribution in [0.15, 0.2) is 93.3 Å². The molecule has 0 spiro atoms. The maximum atomic E-state index is 13.6. The van der Waals surface area contributed by atoms with Crippen molar-refractivity contribution >= 4 is 45.3 Å². The number of hydrogen-bond acceptors (Lipinski definition) is 6. The molecule has 1 heterocycles. The highest BCUT2D eigenvalue weighted by Gasteiger charge is 2.26. The third kappa shape index (κ3) is 7.27. The predicted molar refractivity (Wildman–Crippen MR) is 151 cm³/mol. The Hall–Kier alpha value is -3.63. The van der Waals surface area contributed by atoms with Gasteiger partial charge in [0, 0.05) is 12.1 Å². The van der Waals surface area contributed by atoms with E-state index in [1.807, 2.05) is 6.92 Å². The zero-order valence-electron chi connectivity index (χ0n) is 21.1. The molecule has 0 aliphatic heterocycles. The number of rotatable bonds is 10. The Morgan fingerprint density at radius 3 is 2.36 bits per heavy atom. The fourth-order valence-corrected chi connectivity index (χ4v) is 5.33. The van der Waals surface area contributed by atoms with E-state index >= 15 is 0 Å². The van der Waals surface area contributed by atoms with E-state index < -0.39 is 15.9 Å². The number of hydrogen-bond donors (Lipinski definition) is 1. The van der Waals surface area contributed by atoms with E-state index in [0.29, 0.717) is 38.4 Å². The standard InChI is InChI=1S/C28H25Cl2N3O5S/c1-19-3-12-25(13-4-19)39(35,36)33(17-20-5-14-26(29)27(30)15-20)18-24-11-10-23(38-24)16-31-32-28(34)21-6-8-22(37-2)9-7-21/h3-16H,17-18H2,1-2H3,(H,32,34)/b31-16-. The lowest BCUT2D eigenvalue weighted by atomic mass is 10.2. The lowest BCUT2D eigenvalue weighted by Crippen LogP contribution is -2.30. The number of sulfonamides is 1. The van der Waals surface area contributed by atoms with Gasteiger partial charge in [0.15, 0.2) is 0 Å². The number of nitrogens with zero attached hydrogens (tertiary/aromatic N) is 2. The number of aryl methyl sites for hydroxylation is 1. The average molecular weight is 586 g/mol. The zero-order chi connectivity index (χ0) is 28.0. The summed E-state index contributed by atoms with van der Waals surface area (Å²) in [5, 5.41) is 4.64. The van der Waals surface area contributed by atoms with Crippen LogP contribution in [0, 0.1) is 6.92 Å². The second kappa shape index (κ2) is 12.5. The van der Waals surface area contributed by atoms with Gasteiger partial charge in [-0.15, -0.1) is 0 Å². The molecule has 0 atom stereocenters. The highest BCUT2D eigenvalue weighted by molar-refractivity contribution is 7.89. The van der Waals surface area contributed by atoms with Gasteiger partial charge >= 0.3 is 0 Å². The van der Waals surface area contributed by atoms with Crippen molar-refractivity contribution in [2.45, 2.75) is 24.9 Å². The predicted octanol–water partition coefficient (Wildman–Crippen LogP) is 6.06. The summed E-state index contributed by atoms with van der Waals surface area (Å²) in [6.07, 6.45) is 1.34. The van der Waals surface area contributed by atoms with Gasteiger partial charge in [0.25, 0.3) is 5.91 Å². The summed E-state index contributed by atoms with van der Waals surface area (Å²) in [7, 11) is -2.35. The van der Waals surface area contributed by atoms with E-state index in [4.69, 9.17) is 32.4 Å². The van der Waals surface area contributed by atoms with Gasteiger partial charge in [-0.2, -0.15) is 9.41 Å². The number of nitrogens with one attached hydrogen (secondary N) is 1. The minimum absolute atomic E-state index is 0.0368. The summed E-state index contributed by atoms with van der Waals surface area (Å²) >= 11 is 12.2. The number of halogens is 2. The number of amides is 1. The van der Waals surface area contributed by atoms with E-state index in [1.165, 1.54) is 10.5 Å². The minimum Gasteiger partial charge on any atom is -0.497 e. The largest absolute Gasteiger partial charge is 0.497 e. The van der Waals surface area contributed by atoms with Gasteiger partial charge < -0.3 is 9.15 Å². The first-order valence-electron chi connectivity index (χ1n) is 11.7. The Balaban J connectivity index is 1.50. The van der Waals surface area contributed by atoms with Crippen LogP contribution in [0.5, 0.6) is 5.75 Å². The molecule has 4 aromatic rings. The molecule has 202 valence electrons. The lowest BCUT2D eigenvalue weighted by molar-refractivity contribution is 0.0955. The molecule has 1 N–H and O–H groups in total. The molecule has 11 heteroatoms. The van der Waals surface area contributed by atoms with Crippen LogP contribution in [0.1, 0.15) is 33.0 Å². The van der Waals surface area contributed by atoms with Crippen LogP contribution < -0.4 is 10.2 Å². The van der Waals surface area contributed by atoms with Crippen LogP contribution in [0.25, 0.3) is 0 Å². The molecular formula is C28H25Cl2N3O5S. The Morgan fingerprint density at radius 1 is 0.974 bits per heavy atom. The van der Waals surface area contributed by atoms with Crippen LogP contribution in [0.2, 0.25) is 10.0 Å². The number of ether oxygens (including phenoxy) is 1. The van der Waals surface area contributed by atoms with Crippen molar-refractivity contribution in [3.8, 4) is 5.75 Å². The van der Waals surface area contributed by atoms with E-state index in [9.17, 15) is 13.2 Å². The van der Waals surface area contributed by atoms with Gasteiger partial charge in [0.05, 0.1) is 34.8 Å². The highest BCUT2D eigenvalue weighted by atomic mass is 35.5. The monoisotopic (exact) mass is 585 g/mol. The lowest BCUT2D eigenvalue weighted by Gasteiger charge is -2.22. The second-order valence-corrected chi connectivity index (χ2v) is 11.3. The summed E-state index contributed by atoms with van der Waals surface area (Å²) in [5.41, 5.74) is 4.44. The molecule has 0 radical (unpaired) electrons. The summed E-state index contributed by atoms with van der Waals surface area (Å²) in [5.74, 6) is 0.948. The third-order valence-corrected chi connectivity index (χ3v) is 8.27. The molecule has 0 aliphatic rings. The Bertz CT molecular complexity index is 1580. The Kier molecular flexibility index (Phi) is 9.08. The normalized spacial score (nSPS) is 11.7. The number of methoxy groups -OCH3 is 1. The van der Waals surface area contributed by atoms with Gasteiger partial charge in [-0.3, -0.25) is 4.79 Å². The van der Waals surface area contributed by atoms with Crippen molar-refractivity contribution in [2.24, 2.45) is 5.10 Å². The van der Waals surface area contributed by atoms with Crippen LogP contribution >= 0.6 is 23.2 Å². The fourth-order valence-electron chi connectivity index (χ4n) is 3.61. The van der Waals surface area contributed by atoms with Crippen LogP contribution in [0.4, 0.5) is 0 Å². The van der Waals surface area contributed by atoms with Crippen LogP contribution in [-0.2, 0) is 23.1 Å². The summed E-state index contributed by atoms with van der Waals surface area (Å²) in [6, 6.07) is 21.5. The van der Waals surface area contributed by atoms with Crippen molar-refractivity contribution in [2.75, 3.05) is 7.11 Å². The number of hydrazone groups is 1. The SMILES string of the molecule is COc1ccc(C(=O)N/N=C\c2ccc(CN(Cc3ccc(Cl)c(Cl)c3)S(=O)(=O)c3ccc(C)cc3)o2)cc1. The number of furan rings is 1. The van der Waals surface area contributed by atoms with Gasteiger partial charge in [0.1, 0.15) is 17.3 Å². The molecule has 39 heavy (non-hydrogen) atoms. The fraction of sp³-hybridized carbons (Fsp3) is 0.143. The molecule has 0 saturated carbocycles. The maximum absolute atomic E-state index is 13.6. The van der Waals surface area contributed by atoms with Gasteiger partial charge in [-0.05, 0) is 73.2 Å². The van der Waals surface area contributed by atoms with Crippen molar-refractivity contribution in [1.82, 2.24) is 9.73 Å². The first kappa shape index (κ1) is 28.4. The topological polar surface area (TPSA) is 101 Å². The van der Waals surface area contributed by atoms with Crippen molar-refractivity contribution in [3.05, 3.63) is 117 Å². The van der Waals surface area contributed by atoms with Crippen molar-refractivity contribution in [1.29, 1.82) is 0 Å². The molecule has 1 amide bonds. The van der Waals surface area contributed by atoms with Crippen molar-refractivity contribution < 1.29 is 22.4 Å². The van der Waals surface area contributed by atoms with Gasteiger partial charge in [-0.1, -0.05) is 47.0 Å². The first-order chi connectivity index (χ1) is 18.7. The Morgan fingerprint density at radius 2 is 1.69 bits per heavy atom. The number of carbonyl (C=O) groups excluding carboxylic acids is 1. The molecule has 3 aromatic carbocycles. The number of benzene rings is 3. The molecule has 0 fully saturated rings. The highest BCUT2D eigenvalue weighted by Crippen LogP contribution is 2.26. The summed E-state index contributed by atoms with van der Waals surface area (Å²) < 4.78 is 39.3. The smallest absolute Gasteiger partial charge is 0.271 e. The average Bonchev–Trinajstić information content (AvgIpc) is 3.37. The number of carbonyl (C=O) groups is 1. The molecule has 0 saturated heterocycles. The van der Waals surface area contributed by atoms with Crippen LogP contribution in [0.3, 0.4) is 0 Å². The second-order valence-electron chi connectivity index (χ2n) is 8.57. The molecule has 1 aromatic heterocycles. The zero-order valence-corrected chi connectivity index (χ0v) is 23.4. The summed E-state index contributed by atoms with van der Waals surface area (Å²) in [4.78, 5) is 12.4. The quantitative estimate of drug-likeness (QED) is 0.180. The molecule has 8 nitrogen and oxygen atoms in total. The van der Waals surface area contributed by atoms with E-state index in [2.05, 4.69) is 10.5 Å². The summed E-state index contributed by atoms with van der Waals surface area (Å²) in [6.45, 7) is 1.87. The van der Waals surface area contributed by atoms with Gasteiger partial charge in [-0.25, -0.2) is 13.8 Å². The van der Waals surface area contributed by atoms with Crippen LogP contribution in [-0.4, -0.2) is 32.0 Å². The molecular weight excluding hydrogens is 561 g/mol. The molecule has 4 rings (SSSR count). The van der Waals surface area contributed by atoms with E-state index in [1.54, 1.807) is 86.0 Å². The molecule has 0 unspecified atom stereocenters. The van der Waals surface area contributed by atoms with Gasteiger partial charge in [0.2, 0.25) is 10.0 Å². The Labute approximate surface area is 236 Å². The van der Waals surface area contributed by atoms with Crippen molar-refractivity contribution in [3.63, 3.8) is 0 Å².